The second-order valence-electron chi connectivity index (χ2n) is 9.72. The molecule has 0 atom stereocenters. The van der Waals surface area contributed by atoms with Gasteiger partial charge in [0.1, 0.15) is 21.4 Å². The molecule has 0 aliphatic heterocycles. The third-order valence-electron chi connectivity index (χ3n) is 6.26. The Kier molecular flexibility index (Phi) is 9.09. The minimum atomic E-state index is -2.99. The van der Waals surface area contributed by atoms with Crippen molar-refractivity contribution in [2.45, 2.75) is 39.7 Å². The summed E-state index contributed by atoms with van der Waals surface area (Å²) in [4.78, 5) is 22.0. The third-order valence-corrected chi connectivity index (χ3v) is 8.37. The van der Waals surface area contributed by atoms with E-state index in [1.807, 2.05) is 18.2 Å². The van der Waals surface area contributed by atoms with Crippen LogP contribution in [0.25, 0.3) is 20.8 Å². The summed E-state index contributed by atoms with van der Waals surface area (Å²) in [5, 5.41) is 3.11. The molecule has 1 fully saturated rings. The lowest BCUT2D eigenvalue weighted by atomic mass is 10.0. The fourth-order valence-electron chi connectivity index (χ4n) is 4.09. The quantitative estimate of drug-likeness (QED) is 0.210. The SMILES string of the molecule is C.CS(=O)(=O)CCNCc1ccc(-c2cc3nccc(Oc4ccc(CC(=O)CC5CC5)cc4F)c3s2)nc1. The molecule has 0 spiro atoms. The molecule has 206 valence electrons. The van der Waals surface area contributed by atoms with Crippen molar-refractivity contribution >= 4 is 37.2 Å². The Morgan fingerprint density at radius 3 is 2.59 bits per heavy atom. The van der Waals surface area contributed by atoms with Crippen LogP contribution in [0.3, 0.4) is 0 Å². The number of hydrogen-bond acceptors (Lipinski definition) is 8. The molecule has 3 aromatic heterocycles. The van der Waals surface area contributed by atoms with Crippen molar-refractivity contribution in [3.63, 3.8) is 0 Å². The number of fused-ring (bicyclic) bond motifs is 1. The van der Waals surface area contributed by atoms with E-state index >= 15 is 0 Å². The van der Waals surface area contributed by atoms with Gasteiger partial charge in [-0.1, -0.05) is 19.6 Å². The van der Waals surface area contributed by atoms with Crippen LogP contribution in [0.2, 0.25) is 0 Å². The van der Waals surface area contributed by atoms with Crippen LogP contribution in [-0.4, -0.2) is 42.7 Å². The molecule has 7 nitrogen and oxygen atoms in total. The molecule has 0 bridgehead atoms. The van der Waals surface area contributed by atoms with E-state index in [-0.39, 0.29) is 31.1 Å². The van der Waals surface area contributed by atoms with Crippen molar-refractivity contribution in [1.29, 1.82) is 0 Å². The van der Waals surface area contributed by atoms with Gasteiger partial charge in [0, 0.05) is 50.6 Å². The molecule has 0 amide bonds. The number of thiophene rings is 1. The standard InChI is InChI=1S/C28H28FN3O4S2.CH4/c1-38(34,35)11-10-30-16-20-4-6-23(32-17-20)27-15-24-28(37-27)26(8-9-31-24)36-25-7-5-19(14-22(25)29)13-21(33)12-18-2-3-18;/h4-9,14-15,17-18,30H,2-3,10-13,16H2,1H3;1H4. The molecule has 4 aromatic rings. The predicted octanol–water partition coefficient (Wildman–Crippen LogP) is 5.97. The van der Waals surface area contributed by atoms with Crippen LogP contribution in [0.5, 0.6) is 11.5 Å². The van der Waals surface area contributed by atoms with Gasteiger partial charge in [0.05, 0.1) is 26.5 Å². The molecule has 0 saturated heterocycles. The largest absolute Gasteiger partial charge is 0.453 e. The van der Waals surface area contributed by atoms with Crippen LogP contribution in [0.15, 0.2) is 54.9 Å². The summed E-state index contributed by atoms with van der Waals surface area (Å²) in [6, 6.07) is 12.2. The number of Topliss-reactive ketones (excluding diaryl/α,β-unsaturated/α-hetero) is 1. The number of pyridine rings is 2. The molecule has 10 heteroatoms. The van der Waals surface area contributed by atoms with Crippen molar-refractivity contribution in [2.75, 3.05) is 18.6 Å². The topological polar surface area (TPSA) is 98.3 Å². The van der Waals surface area contributed by atoms with Gasteiger partial charge in [-0.3, -0.25) is 14.8 Å². The highest BCUT2D eigenvalue weighted by Crippen LogP contribution is 2.39. The number of sulfone groups is 1. The van der Waals surface area contributed by atoms with Crippen LogP contribution in [-0.2, 0) is 27.6 Å². The average molecular weight is 570 g/mol. The van der Waals surface area contributed by atoms with Crippen molar-refractivity contribution in [3.8, 4) is 22.1 Å². The Labute approximate surface area is 232 Å². The van der Waals surface area contributed by atoms with E-state index in [2.05, 4.69) is 15.3 Å². The maximum absolute atomic E-state index is 14.8. The average Bonchev–Trinajstić information content (AvgIpc) is 3.57. The van der Waals surface area contributed by atoms with Gasteiger partial charge in [-0.05, 0) is 54.2 Å². The second-order valence-corrected chi connectivity index (χ2v) is 13.0. The first-order valence-electron chi connectivity index (χ1n) is 12.4. The van der Waals surface area contributed by atoms with Crippen LogP contribution >= 0.6 is 11.3 Å². The Morgan fingerprint density at radius 1 is 1.10 bits per heavy atom. The number of rotatable bonds is 12. The molecular weight excluding hydrogens is 537 g/mol. The molecule has 3 heterocycles. The highest BCUT2D eigenvalue weighted by Gasteiger charge is 2.24. The number of benzene rings is 1. The minimum absolute atomic E-state index is 0. The minimum Gasteiger partial charge on any atom is -0.453 e. The molecule has 0 unspecified atom stereocenters. The highest BCUT2D eigenvalue weighted by molar-refractivity contribution is 7.90. The fourth-order valence-corrected chi connectivity index (χ4v) is 5.64. The fraction of sp³-hybridized carbons (Fsp3) is 0.345. The van der Waals surface area contributed by atoms with Crippen molar-refractivity contribution in [1.82, 2.24) is 15.3 Å². The second kappa shape index (κ2) is 12.3. The van der Waals surface area contributed by atoms with Crippen molar-refractivity contribution in [3.05, 3.63) is 71.8 Å². The van der Waals surface area contributed by atoms with Gasteiger partial charge in [-0.25, -0.2) is 12.8 Å². The number of nitrogens with zero attached hydrogens (tertiary/aromatic N) is 2. The molecule has 39 heavy (non-hydrogen) atoms. The highest BCUT2D eigenvalue weighted by atomic mass is 32.2. The number of ether oxygens (including phenoxy) is 1. The van der Waals surface area contributed by atoms with Crippen molar-refractivity contribution in [2.24, 2.45) is 5.92 Å². The number of nitrogens with one attached hydrogen (secondary N) is 1. The van der Waals surface area contributed by atoms with E-state index in [1.165, 1.54) is 23.7 Å². The van der Waals surface area contributed by atoms with E-state index < -0.39 is 15.7 Å². The lowest BCUT2D eigenvalue weighted by molar-refractivity contribution is -0.118. The zero-order valence-electron chi connectivity index (χ0n) is 20.9. The van der Waals surface area contributed by atoms with Crippen LogP contribution < -0.4 is 10.1 Å². The van der Waals surface area contributed by atoms with Crippen LogP contribution in [0, 0.1) is 11.7 Å². The summed E-state index contributed by atoms with van der Waals surface area (Å²) in [6.07, 6.45) is 7.64. The van der Waals surface area contributed by atoms with E-state index in [0.717, 1.165) is 39.2 Å². The monoisotopic (exact) mass is 569 g/mol. The van der Waals surface area contributed by atoms with Gasteiger partial charge in [0.25, 0.3) is 0 Å². The molecule has 0 radical (unpaired) electrons. The van der Waals surface area contributed by atoms with Gasteiger partial charge < -0.3 is 10.1 Å². The Bertz CT molecular complexity index is 1570. The summed E-state index contributed by atoms with van der Waals surface area (Å²) in [7, 11) is -2.99. The van der Waals surface area contributed by atoms with E-state index in [0.29, 0.717) is 36.7 Å². The summed E-state index contributed by atoms with van der Waals surface area (Å²) >= 11 is 1.46. The first kappa shape index (κ1) is 28.8. The molecule has 5 rings (SSSR count). The van der Waals surface area contributed by atoms with Gasteiger partial charge in [-0.2, -0.15) is 0 Å². The first-order chi connectivity index (χ1) is 18.2. The number of hydrogen-bond donors (Lipinski definition) is 1. The maximum Gasteiger partial charge on any atom is 0.166 e. The number of aromatic nitrogens is 2. The van der Waals surface area contributed by atoms with E-state index in [4.69, 9.17) is 4.74 Å². The Morgan fingerprint density at radius 2 is 1.90 bits per heavy atom. The maximum atomic E-state index is 14.8. The third kappa shape index (κ3) is 7.90. The van der Waals surface area contributed by atoms with E-state index in [1.54, 1.807) is 30.6 Å². The predicted molar refractivity (Wildman–Crippen MR) is 154 cm³/mol. The van der Waals surface area contributed by atoms with Gasteiger partial charge in [-0.15, -0.1) is 11.3 Å². The van der Waals surface area contributed by atoms with Gasteiger partial charge in [0.2, 0.25) is 0 Å². The smallest absolute Gasteiger partial charge is 0.166 e. The van der Waals surface area contributed by atoms with Gasteiger partial charge in [0.15, 0.2) is 11.6 Å². The Hall–Kier alpha value is -3.21. The molecular formula is C29H32FN3O4S2. The molecule has 1 saturated carbocycles. The number of ketones is 1. The zero-order valence-corrected chi connectivity index (χ0v) is 22.6. The molecule has 1 aromatic carbocycles. The number of carbonyl (C=O) groups excluding carboxylic acids is 1. The summed E-state index contributed by atoms with van der Waals surface area (Å²) in [6.45, 7) is 0.904. The Balaban J connectivity index is 0.00000353. The van der Waals surface area contributed by atoms with Crippen LogP contribution in [0.4, 0.5) is 4.39 Å². The summed E-state index contributed by atoms with van der Waals surface area (Å²) in [5.74, 6) is 0.833. The molecule has 1 N–H and O–H groups in total. The number of halogens is 1. The van der Waals surface area contributed by atoms with Crippen LogP contribution in [0.1, 0.15) is 37.8 Å². The lowest BCUT2D eigenvalue weighted by Crippen LogP contribution is -2.21. The summed E-state index contributed by atoms with van der Waals surface area (Å²) < 4.78 is 44.1. The lowest BCUT2D eigenvalue weighted by Gasteiger charge is -2.09. The van der Waals surface area contributed by atoms with Crippen molar-refractivity contribution < 1.29 is 22.3 Å². The first-order valence-corrected chi connectivity index (χ1v) is 15.3. The zero-order chi connectivity index (χ0) is 26.7. The number of carbonyl (C=O) groups is 1. The summed E-state index contributed by atoms with van der Waals surface area (Å²) in [5.41, 5.74) is 3.08. The molecule has 1 aliphatic carbocycles. The van der Waals surface area contributed by atoms with Gasteiger partial charge >= 0.3 is 0 Å². The normalized spacial score (nSPS) is 13.3. The van der Waals surface area contributed by atoms with E-state index in [9.17, 15) is 17.6 Å². The molecule has 1 aliphatic rings.